The molecule has 1 aromatic carbocycles. The van der Waals surface area contributed by atoms with E-state index in [1.54, 1.807) is 0 Å². The van der Waals surface area contributed by atoms with Gasteiger partial charge in [-0.05, 0) is 25.8 Å². The summed E-state index contributed by atoms with van der Waals surface area (Å²) in [6.45, 7) is 3.91. The van der Waals surface area contributed by atoms with Gasteiger partial charge < -0.3 is 10.2 Å². The lowest BCUT2D eigenvalue weighted by Gasteiger charge is -2.15. The fraction of sp³-hybridized carbons (Fsp3) is 0.389. The molecule has 3 rings (SSSR count). The van der Waals surface area contributed by atoms with Crippen LogP contribution in [0.3, 0.4) is 0 Å². The number of carbonyl (C=O) groups excluding carboxylic acids is 2. The first-order chi connectivity index (χ1) is 12.1. The van der Waals surface area contributed by atoms with Gasteiger partial charge in [0, 0.05) is 31.6 Å². The summed E-state index contributed by atoms with van der Waals surface area (Å²) in [4.78, 5) is 30.9. The second-order valence-corrected chi connectivity index (χ2v) is 7.41. The van der Waals surface area contributed by atoms with Crippen LogP contribution >= 0.6 is 22.9 Å². The van der Waals surface area contributed by atoms with E-state index in [1.807, 2.05) is 36.1 Å². The standard InChI is InChI=1S/C18H20ClN3O2S/c1-12-16(25-18(21-12)13-6-2-3-7-14(13)19)17(24)20-9-5-11-22-10-4-8-15(22)23/h2-3,6-7H,4-5,8-11H2,1H3,(H,20,24). The van der Waals surface area contributed by atoms with Crippen molar-refractivity contribution in [2.45, 2.75) is 26.2 Å². The van der Waals surface area contributed by atoms with Gasteiger partial charge in [0.2, 0.25) is 5.91 Å². The van der Waals surface area contributed by atoms with Gasteiger partial charge in [-0.3, -0.25) is 9.59 Å². The molecule has 1 saturated heterocycles. The van der Waals surface area contributed by atoms with Crippen LogP contribution in [0.15, 0.2) is 24.3 Å². The van der Waals surface area contributed by atoms with Crippen LogP contribution in [-0.4, -0.2) is 41.3 Å². The maximum absolute atomic E-state index is 12.4. The summed E-state index contributed by atoms with van der Waals surface area (Å²) in [7, 11) is 0. The van der Waals surface area contributed by atoms with Crippen molar-refractivity contribution in [3.05, 3.63) is 39.9 Å². The molecule has 5 nitrogen and oxygen atoms in total. The highest BCUT2D eigenvalue weighted by Crippen LogP contribution is 2.32. The van der Waals surface area contributed by atoms with Crippen molar-refractivity contribution in [1.29, 1.82) is 0 Å². The van der Waals surface area contributed by atoms with Gasteiger partial charge in [-0.25, -0.2) is 4.98 Å². The van der Waals surface area contributed by atoms with Crippen molar-refractivity contribution < 1.29 is 9.59 Å². The molecular weight excluding hydrogens is 358 g/mol. The summed E-state index contributed by atoms with van der Waals surface area (Å²) in [6, 6.07) is 7.48. The van der Waals surface area contributed by atoms with Crippen LogP contribution in [-0.2, 0) is 4.79 Å². The molecule has 7 heteroatoms. The molecule has 1 aromatic heterocycles. The molecule has 2 heterocycles. The predicted octanol–water partition coefficient (Wildman–Crippen LogP) is 3.51. The summed E-state index contributed by atoms with van der Waals surface area (Å²) in [6.07, 6.45) is 2.35. The zero-order valence-electron chi connectivity index (χ0n) is 14.0. The first-order valence-electron chi connectivity index (χ1n) is 8.34. The molecule has 1 aliphatic heterocycles. The highest BCUT2D eigenvalue weighted by atomic mass is 35.5. The van der Waals surface area contributed by atoms with E-state index >= 15 is 0 Å². The van der Waals surface area contributed by atoms with Crippen LogP contribution in [0.25, 0.3) is 10.6 Å². The Morgan fingerprint density at radius 3 is 2.92 bits per heavy atom. The molecular formula is C18H20ClN3O2S. The minimum atomic E-state index is -0.124. The number of hydrogen-bond acceptors (Lipinski definition) is 4. The topological polar surface area (TPSA) is 62.3 Å². The lowest BCUT2D eigenvalue weighted by molar-refractivity contribution is -0.127. The Balaban J connectivity index is 1.57. The zero-order chi connectivity index (χ0) is 17.8. The average molecular weight is 378 g/mol. The summed E-state index contributed by atoms with van der Waals surface area (Å²) in [5.74, 6) is 0.0926. The van der Waals surface area contributed by atoms with Gasteiger partial charge in [-0.15, -0.1) is 11.3 Å². The Labute approximate surface area is 156 Å². The second-order valence-electron chi connectivity index (χ2n) is 6.01. The molecule has 0 bridgehead atoms. The van der Waals surface area contributed by atoms with Crippen LogP contribution in [0.1, 0.15) is 34.6 Å². The van der Waals surface area contributed by atoms with Crippen LogP contribution in [0, 0.1) is 6.92 Å². The van der Waals surface area contributed by atoms with Crippen molar-refractivity contribution in [2.24, 2.45) is 0 Å². The molecule has 1 fully saturated rings. The number of halogens is 1. The number of aryl methyl sites for hydroxylation is 1. The van der Waals surface area contributed by atoms with Gasteiger partial charge in [-0.2, -0.15) is 0 Å². The Kier molecular flexibility index (Phi) is 5.71. The Morgan fingerprint density at radius 2 is 2.20 bits per heavy atom. The summed E-state index contributed by atoms with van der Waals surface area (Å²) >= 11 is 7.56. The number of carbonyl (C=O) groups is 2. The minimum absolute atomic E-state index is 0.124. The van der Waals surface area contributed by atoms with Crippen molar-refractivity contribution in [1.82, 2.24) is 15.2 Å². The van der Waals surface area contributed by atoms with Gasteiger partial charge in [0.15, 0.2) is 0 Å². The summed E-state index contributed by atoms with van der Waals surface area (Å²) < 4.78 is 0. The number of rotatable bonds is 6. The number of nitrogens with zero attached hydrogens (tertiary/aromatic N) is 2. The Morgan fingerprint density at radius 1 is 1.40 bits per heavy atom. The SMILES string of the molecule is Cc1nc(-c2ccccc2Cl)sc1C(=O)NCCCN1CCCC1=O. The molecule has 0 unspecified atom stereocenters. The van der Waals surface area contributed by atoms with E-state index in [0.29, 0.717) is 35.1 Å². The van der Waals surface area contributed by atoms with E-state index in [-0.39, 0.29) is 11.8 Å². The highest BCUT2D eigenvalue weighted by Gasteiger charge is 2.20. The van der Waals surface area contributed by atoms with Crippen molar-refractivity contribution >= 4 is 34.8 Å². The van der Waals surface area contributed by atoms with Crippen LogP contribution in [0.5, 0.6) is 0 Å². The fourth-order valence-corrected chi connectivity index (χ4v) is 4.15. The number of amides is 2. The lowest BCUT2D eigenvalue weighted by Crippen LogP contribution is -2.30. The van der Waals surface area contributed by atoms with Gasteiger partial charge >= 0.3 is 0 Å². The zero-order valence-corrected chi connectivity index (χ0v) is 15.6. The van der Waals surface area contributed by atoms with Crippen molar-refractivity contribution in [2.75, 3.05) is 19.6 Å². The fourth-order valence-electron chi connectivity index (χ4n) is 2.85. The van der Waals surface area contributed by atoms with Gasteiger partial charge in [-0.1, -0.05) is 29.8 Å². The van der Waals surface area contributed by atoms with E-state index in [0.717, 1.165) is 30.0 Å². The minimum Gasteiger partial charge on any atom is -0.351 e. The highest BCUT2D eigenvalue weighted by molar-refractivity contribution is 7.17. The first-order valence-corrected chi connectivity index (χ1v) is 9.54. The molecule has 1 N–H and O–H groups in total. The molecule has 2 aromatic rings. The maximum Gasteiger partial charge on any atom is 0.263 e. The summed E-state index contributed by atoms with van der Waals surface area (Å²) in [5.41, 5.74) is 1.54. The van der Waals surface area contributed by atoms with Crippen molar-refractivity contribution in [3.63, 3.8) is 0 Å². The second kappa shape index (κ2) is 7.97. The van der Waals surface area contributed by atoms with E-state index in [2.05, 4.69) is 10.3 Å². The molecule has 132 valence electrons. The number of thiazole rings is 1. The first kappa shape index (κ1) is 17.9. The third-order valence-corrected chi connectivity index (χ3v) is 5.69. The largest absolute Gasteiger partial charge is 0.351 e. The molecule has 0 atom stereocenters. The number of likely N-dealkylation sites (tertiary alicyclic amines) is 1. The number of benzene rings is 1. The average Bonchev–Trinajstić information content (AvgIpc) is 3.18. The van der Waals surface area contributed by atoms with Gasteiger partial charge in [0.1, 0.15) is 9.88 Å². The Hall–Kier alpha value is -1.92. The predicted molar refractivity (Wildman–Crippen MR) is 100 cm³/mol. The van der Waals surface area contributed by atoms with Crippen LogP contribution in [0.4, 0.5) is 0 Å². The molecule has 2 amide bonds. The Bertz CT molecular complexity index is 790. The molecule has 0 radical (unpaired) electrons. The van der Waals surface area contributed by atoms with E-state index in [9.17, 15) is 9.59 Å². The van der Waals surface area contributed by atoms with Crippen LogP contribution in [0.2, 0.25) is 5.02 Å². The van der Waals surface area contributed by atoms with Gasteiger partial charge in [0.25, 0.3) is 5.91 Å². The number of nitrogens with one attached hydrogen (secondary N) is 1. The third-order valence-electron chi connectivity index (χ3n) is 4.17. The van der Waals surface area contributed by atoms with Crippen molar-refractivity contribution in [3.8, 4) is 10.6 Å². The quantitative estimate of drug-likeness (QED) is 0.783. The maximum atomic E-state index is 12.4. The van der Waals surface area contributed by atoms with E-state index in [4.69, 9.17) is 11.6 Å². The van der Waals surface area contributed by atoms with Gasteiger partial charge in [0.05, 0.1) is 10.7 Å². The van der Waals surface area contributed by atoms with E-state index < -0.39 is 0 Å². The van der Waals surface area contributed by atoms with E-state index in [1.165, 1.54) is 11.3 Å². The normalized spacial score (nSPS) is 14.2. The monoisotopic (exact) mass is 377 g/mol. The molecule has 0 spiro atoms. The lowest BCUT2D eigenvalue weighted by atomic mass is 10.2. The number of hydrogen-bond donors (Lipinski definition) is 1. The molecule has 1 aliphatic rings. The molecule has 25 heavy (non-hydrogen) atoms. The molecule has 0 aliphatic carbocycles. The summed E-state index contributed by atoms with van der Waals surface area (Å²) in [5, 5.41) is 4.29. The van der Waals surface area contributed by atoms with Crippen LogP contribution < -0.4 is 5.32 Å². The third kappa shape index (κ3) is 4.19. The smallest absolute Gasteiger partial charge is 0.263 e. The molecule has 0 saturated carbocycles. The number of aromatic nitrogens is 1.